The van der Waals surface area contributed by atoms with Gasteiger partial charge in [0.25, 0.3) is 0 Å². The monoisotopic (exact) mass is 358 g/mol. The molecule has 1 atom stereocenters. The molecule has 1 aromatic carbocycles. The molecule has 0 unspecified atom stereocenters. The van der Waals surface area contributed by atoms with Gasteiger partial charge in [-0.3, -0.25) is 4.79 Å². The summed E-state index contributed by atoms with van der Waals surface area (Å²) in [4.78, 5) is 12.3. The summed E-state index contributed by atoms with van der Waals surface area (Å²) in [5, 5.41) is 12.5. The molecule has 134 valence electrons. The number of hydrogen-bond acceptors (Lipinski definition) is 4. The standard InChI is InChI=1S/C19H26N4OS/c1-14(16-9-5-3-6-10-16)20-18(24)13-25-19-22-21-15(2)23(19)17-11-7-4-8-12-17/h3,5-6,9-10,14,17H,4,7-8,11-13H2,1-2H3,(H,20,24)/t14-/m0/s1. The number of nitrogens with one attached hydrogen (secondary N) is 1. The summed E-state index contributed by atoms with van der Waals surface area (Å²) in [5.74, 6) is 1.34. The lowest BCUT2D eigenvalue weighted by Gasteiger charge is -2.25. The van der Waals surface area contributed by atoms with Crippen molar-refractivity contribution in [1.82, 2.24) is 20.1 Å². The molecule has 5 nitrogen and oxygen atoms in total. The van der Waals surface area contributed by atoms with E-state index < -0.39 is 0 Å². The summed E-state index contributed by atoms with van der Waals surface area (Å²) >= 11 is 1.48. The van der Waals surface area contributed by atoms with Crippen molar-refractivity contribution in [3.05, 3.63) is 41.7 Å². The zero-order valence-electron chi connectivity index (χ0n) is 14.9. The number of thioether (sulfide) groups is 1. The minimum absolute atomic E-state index is 0.00671. The van der Waals surface area contributed by atoms with Gasteiger partial charge in [0.05, 0.1) is 11.8 Å². The molecule has 1 saturated carbocycles. The normalized spacial score (nSPS) is 16.6. The first-order valence-electron chi connectivity index (χ1n) is 9.03. The topological polar surface area (TPSA) is 59.8 Å². The minimum atomic E-state index is 0.00671. The molecule has 1 aliphatic carbocycles. The molecule has 1 aromatic heterocycles. The van der Waals surface area contributed by atoms with Gasteiger partial charge in [-0.2, -0.15) is 0 Å². The molecule has 1 amide bonds. The highest BCUT2D eigenvalue weighted by Gasteiger charge is 2.22. The van der Waals surface area contributed by atoms with Gasteiger partial charge in [-0.05, 0) is 32.3 Å². The first-order valence-corrected chi connectivity index (χ1v) is 10.0. The SMILES string of the molecule is Cc1nnc(SCC(=O)N[C@@H](C)c2ccccc2)n1C1CCCCC1. The van der Waals surface area contributed by atoms with Gasteiger partial charge in [-0.15, -0.1) is 10.2 Å². The summed E-state index contributed by atoms with van der Waals surface area (Å²) in [6.07, 6.45) is 6.22. The zero-order chi connectivity index (χ0) is 17.6. The van der Waals surface area contributed by atoms with Crippen molar-refractivity contribution >= 4 is 17.7 Å². The number of aryl methyl sites for hydroxylation is 1. The Morgan fingerprint density at radius 3 is 2.68 bits per heavy atom. The fourth-order valence-corrected chi connectivity index (χ4v) is 4.31. The van der Waals surface area contributed by atoms with Crippen LogP contribution in [-0.4, -0.2) is 26.4 Å². The van der Waals surface area contributed by atoms with Crippen molar-refractivity contribution in [3.8, 4) is 0 Å². The van der Waals surface area contributed by atoms with Crippen LogP contribution >= 0.6 is 11.8 Å². The predicted molar refractivity (Wildman–Crippen MR) is 101 cm³/mol. The number of carbonyl (C=O) groups is 1. The van der Waals surface area contributed by atoms with Crippen LogP contribution in [0.4, 0.5) is 0 Å². The average Bonchev–Trinajstić information content (AvgIpc) is 3.02. The predicted octanol–water partition coefficient (Wildman–Crippen LogP) is 4.06. The highest BCUT2D eigenvalue weighted by Crippen LogP contribution is 2.32. The van der Waals surface area contributed by atoms with E-state index in [4.69, 9.17) is 0 Å². The van der Waals surface area contributed by atoms with Gasteiger partial charge in [0.1, 0.15) is 5.82 Å². The van der Waals surface area contributed by atoms with Crippen LogP contribution in [0.5, 0.6) is 0 Å². The van der Waals surface area contributed by atoms with Crippen LogP contribution < -0.4 is 5.32 Å². The lowest BCUT2D eigenvalue weighted by atomic mass is 9.95. The summed E-state index contributed by atoms with van der Waals surface area (Å²) in [5.41, 5.74) is 1.11. The molecule has 6 heteroatoms. The maximum Gasteiger partial charge on any atom is 0.230 e. The second kappa shape index (κ2) is 8.52. The Balaban J connectivity index is 1.57. The maximum atomic E-state index is 12.3. The lowest BCUT2D eigenvalue weighted by Crippen LogP contribution is -2.28. The van der Waals surface area contributed by atoms with E-state index in [-0.39, 0.29) is 11.9 Å². The molecule has 3 rings (SSSR count). The van der Waals surface area contributed by atoms with Gasteiger partial charge in [0.15, 0.2) is 5.16 Å². The molecular weight excluding hydrogens is 332 g/mol. The molecule has 0 aliphatic heterocycles. The maximum absolute atomic E-state index is 12.3. The van der Waals surface area contributed by atoms with Crippen LogP contribution in [0.1, 0.15) is 62.5 Å². The average molecular weight is 359 g/mol. The molecule has 1 aliphatic rings. The smallest absolute Gasteiger partial charge is 0.230 e. The highest BCUT2D eigenvalue weighted by atomic mass is 32.2. The van der Waals surface area contributed by atoms with E-state index in [0.29, 0.717) is 11.8 Å². The van der Waals surface area contributed by atoms with Crippen LogP contribution in [0.3, 0.4) is 0 Å². The fourth-order valence-electron chi connectivity index (χ4n) is 3.45. The Morgan fingerprint density at radius 2 is 1.96 bits per heavy atom. The van der Waals surface area contributed by atoms with Gasteiger partial charge < -0.3 is 9.88 Å². The van der Waals surface area contributed by atoms with Crippen LogP contribution in [0.25, 0.3) is 0 Å². The molecular formula is C19H26N4OS. The second-order valence-electron chi connectivity index (χ2n) is 6.68. The van der Waals surface area contributed by atoms with Gasteiger partial charge in [0.2, 0.25) is 5.91 Å². The van der Waals surface area contributed by atoms with Crippen LogP contribution in [-0.2, 0) is 4.79 Å². The van der Waals surface area contributed by atoms with Crippen LogP contribution in [0.2, 0.25) is 0 Å². The number of rotatable bonds is 6. The Bertz CT molecular complexity index is 695. The van der Waals surface area contributed by atoms with Crippen LogP contribution in [0, 0.1) is 6.92 Å². The van der Waals surface area contributed by atoms with E-state index in [9.17, 15) is 4.79 Å². The quantitative estimate of drug-likeness (QED) is 0.791. The summed E-state index contributed by atoms with van der Waals surface area (Å²) in [7, 11) is 0. The molecule has 1 N–H and O–H groups in total. The van der Waals surface area contributed by atoms with E-state index in [1.165, 1.54) is 43.9 Å². The molecule has 0 bridgehead atoms. The van der Waals surface area contributed by atoms with Gasteiger partial charge in [-0.1, -0.05) is 61.4 Å². The number of benzene rings is 1. The summed E-state index contributed by atoms with van der Waals surface area (Å²) < 4.78 is 2.23. The van der Waals surface area contributed by atoms with Crippen molar-refractivity contribution in [3.63, 3.8) is 0 Å². The molecule has 1 fully saturated rings. The zero-order valence-corrected chi connectivity index (χ0v) is 15.8. The molecule has 0 saturated heterocycles. The Morgan fingerprint density at radius 1 is 1.24 bits per heavy atom. The molecule has 2 aromatic rings. The van der Waals surface area contributed by atoms with E-state index in [1.807, 2.05) is 44.2 Å². The number of amides is 1. The van der Waals surface area contributed by atoms with Crippen molar-refractivity contribution in [1.29, 1.82) is 0 Å². The largest absolute Gasteiger partial charge is 0.349 e. The van der Waals surface area contributed by atoms with Gasteiger partial charge in [-0.25, -0.2) is 0 Å². The molecule has 25 heavy (non-hydrogen) atoms. The van der Waals surface area contributed by atoms with E-state index >= 15 is 0 Å². The number of nitrogens with zero attached hydrogens (tertiary/aromatic N) is 3. The van der Waals surface area contributed by atoms with E-state index in [1.54, 1.807) is 0 Å². The van der Waals surface area contributed by atoms with Crippen molar-refractivity contribution in [2.24, 2.45) is 0 Å². The Kier molecular flexibility index (Phi) is 6.13. The third-order valence-corrected chi connectivity index (χ3v) is 5.73. The van der Waals surface area contributed by atoms with Crippen LogP contribution in [0.15, 0.2) is 35.5 Å². The minimum Gasteiger partial charge on any atom is -0.349 e. The van der Waals surface area contributed by atoms with Crippen molar-refractivity contribution < 1.29 is 4.79 Å². The van der Waals surface area contributed by atoms with Crippen molar-refractivity contribution in [2.45, 2.75) is 63.2 Å². The molecule has 0 spiro atoms. The third-order valence-electron chi connectivity index (χ3n) is 4.78. The number of carbonyl (C=O) groups excluding carboxylic acids is 1. The van der Waals surface area contributed by atoms with Gasteiger partial charge >= 0.3 is 0 Å². The van der Waals surface area contributed by atoms with Gasteiger partial charge in [0, 0.05) is 6.04 Å². The molecule has 1 heterocycles. The summed E-state index contributed by atoms with van der Waals surface area (Å²) in [6, 6.07) is 10.5. The lowest BCUT2D eigenvalue weighted by molar-refractivity contribution is -0.119. The first-order chi connectivity index (χ1) is 12.1. The second-order valence-corrected chi connectivity index (χ2v) is 7.62. The Labute approximate surface area is 153 Å². The Hall–Kier alpha value is -1.82. The summed E-state index contributed by atoms with van der Waals surface area (Å²) in [6.45, 7) is 4.01. The number of hydrogen-bond donors (Lipinski definition) is 1. The molecule has 0 radical (unpaired) electrons. The third kappa shape index (κ3) is 4.63. The van der Waals surface area contributed by atoms with E-state index in [2.05, 4.69) is 20.1 Å². The first kappa shape index (κ1) is 18.0. The van der Waals surface area contributed by atoms with Crippen molar-refractivity contribution in [2.75, 3.05) is 5.75 Å². The fraction of sp³-hybridized carbons (Fsp3) is 0.526. The number of aromatic nitrogens is 3. The van der Waals surface area contributed by atoms with E-state index in [0.717, 1.165) is 16.5 Å². The highest BCUT2D eigenvalue weighted by molar-refractivity contribution is 7.99.